The van der Waals surface area contributed by atoms with Gasteiger partial charge in [-0.05, 0) is 6.07 Å². The second-order valence-corrected chi connectivity index (χ2v) is 3.37. The monoisotopic (exact) mass is 253 g/mol. The zero-order chi connectivity index (χ0) is 13.4. The predicted molar refractivity (Wildman–Crippen MR) is 59.0 cm³/mol. The molecule has 0 amide bonds. The van der Waals surface area contributed by atoms with E-state index in [0.29, 0.717) is 0 Å². The molecule has 1 heterocycles. The summed E-state index contributed by atoms with van der Waals surface area (Å²) in [6.07, 6.45) is 0. The van der Waals surface area contributed by atoms with E-state index in [9.17, 15) is 25.1 Å². The van der Waals surface area contributed by atoms with E-state index in [1.165, 1.54) is 13.2 Å². The molecule has 0 aliphatic rings. The van der Waals surface area contributed by atoms with Crippen molar-refractivity contribution < 1.29 is 24.3 Å². The smallest absolute Gasteiger partial charge is 0.415 e. The van der Waals surface area contributed by atoms with Crippen LogP contribution in [0.2, 0.25) is 0 Å². The van der Waals surface area contributed by atoms with Crippen molar-refractivity contribution in [1.29, 1.82) is 0 Å². The lowest BCUT2D eigenvalue weighted by Crippen LogP contribution is -2.06. The Morgan fingerprint density at radius 2 is 2.00 bits per heavy atom. The van der Waals surface area contributed by atoms with Crippen molar-refractivity contribution in [1.82, 2.24) is 0 Å². The normalized spacial score (nSPS) is 10.5. The van der Waals surface area contributed by atoms with Crippen LogP contribution in [-0.2, 0) is 0 Å². The van der Waals surface area contributed by atoms with Crippen LogP contribution in [0.15, 0.2) is 21.3 Å². The standard InChI is InChI=1S/C10H7NO7/c1-17-6-3-4-2-5(11(15)16)10(14)18-9(4)8(13)7(6)12/h2-3,12-13H,1H3. The van der Waals surface area contributed by atoms with Crippen LogP contribution in [0, 0.1) is 10.1 Å². The molecule has 0 spiro atoms. The van der Waals surface area contributed by atoms with E-state index in [4.69, 9.17) is 4.74 Å². The van der Waals surface area contributed by atoms with Crippen LogP contribution in [0.1, 0.15) is 0 Å². The average Bonchev–Trinajstić information content (AvgIpc) is 2.33. The van der Waals surface area contributed by atoms with Crippen LogP contribution in [0.5, 0.6) is 17.2 Å². The highest BCUT2D eigenvalue weighted by atomic mass is 16.6. The van der Waals surface area contributed by atoms with Gasteiger partial charge in [0.05, 0.1) is 12.0 Å². The van der Waals surface area contributed by atoms with Crippen LogP contribution in [0.3, 0.4) is 0 Å². The van der Waals surface area contributed by atoms with Gasteiger partial charge in [0.15, 0.2) is 11.3 Å². The lowest BCUT2D eigenvalue weighted by Gasteiger charge is -2.06. The number of nitrogens with zero attached hydrogens (tertiary/aromatic N) is 1. The lowest BCUT2D eigenvalue weighted by atomic mass is 10.2. The molecule has 0 unspecified atom stereocenters. The molecule has 1 aromatic carbocycles. The van der Waals surface area contributed by atoms with Crippen molar-refractivity contribution in [2.75, 3.05) is 7.11 Å². The maximum absolute atomic E-state index is 11.3. The van der Waals surface area contributed by atoms with Gasteiger partial charge in [0.25, 0.3) is 0 Å². The fourth-order valence-corrected chi connectivity index (χ4v) is 1.48. The van der Waals surface area contributed by atoms with Crippen LogP contribution in [0.25, 0.3) is 11.0 Å². The first kappa shape index (κ1) is 11.7. The number of hydrogen-bond acceptors (Lipinski definition) is 7. The van der Waals surface area contributed by atoms with Gasteiger partial charge in [-0.2, -0.15) is 0 Å². The van der Waals surface area contributed by atoms with Crippen LogP contribution in [-0.4, -0.2) is 22.2 Å². The minimum absolute atomic E-state index is 0.0634. The summed E-state index contributed by atoms with van der Waals surface area (Å²) in [6, 6.07) is 2.14. The highest BCUT2D eigenvalue weighted by Crippen LogP contribution is 2.41. The summed E-state index contributed by atoms with van der Waals surface area (Å²) in [6.45, 7) is 0. The molecular formula is C10H7NO7. The second-order valence-electron chi connectivity index (χ2n) is 3.37. The fraction of sp³-hybridized carbons (Fsp3) is 0.100. The van der Waals surface area contributed by atoms with Gasteiger partial charge in [-0.25, -0.2) is 4.79 Å². The van der Waals surface area contributed by atoms with Crippen LogP contribution in [0.4, 0.5) is 5.69 Å². The number of rotatable bonds is 2. The summed E-state index contributed by atoms with van der Waals surface area (Å²) >= 11 is 0. The van der Waals surface area contributed by atoms with Crippen molar-refractivity contribution in [3.8, 4) is 17.2 Å². The third-order valence-electron chi connectivity index (χ3n) is 2.33. The Labute approximate surface area is 98.8 Å². The summed E-state index contributed by atoms with van der Waals surface area (Å²) in [5, 5.41) is 29.7. The minimum atomic E-state index is -1.22. The van der Waals surface area contributed by atoms with E-state index in [0.717, 1.165) is 6.07 Å². The summed E-state index contributed by atoms with van der Waals surface area (Å²) in [7, 11) is 1.24. The first-order valence-corrected chi connectivity index (χ1v) is 4.67. The third kappa shape index (κ3) is 1.59. The minimum Gasteiger partial charge on any atom is -0.502 e. The SMILES string of the molecule is COc1cc2cc([N+](=O)[O-])c(=O)oc2c(O)c1O. The highest BCUT2D eigenvalue weighted by molar-refractivity contribution is 5.88. The van der Waals surface area contributed by atoms with Gasteiger partial charge in [-0.1, -0.05) is 0 Å². The molecule has 2 rings (SSSR count). The molecule has 0 aliphatic heterocycles. The molecular weight excluding hydrogens is 246 g/mol. The molecule has 0 bridgehead atoms. The van der Waals surface area contributed by atoms with Crippen molar-refractivity contribution >= 4 is 16.7 Å². The number of nitro groups is 1. The zero-order valence-corrected chi connectivity index (χ0v) is 9.04. The maximum atomic E-state index is 11.3. The Bertz CT molecular complexity index is 703. The van der Waals surface area contributed by atoms with Gasteiger partial charge in [0.2, 0.25) is 11.5 Å². The van der Waals surface area contributed by atoms with Gasteiger partial charge < -0.3 is 19.4 Å². The Kier molecular flexibility index (Phi) is 2.55. The molecule has 2 N–H and O–H groups in total. The third-order valence-corrected chi connectivity index (χ3v) is 2.33. The summed E-state index contributed by atoms with van der Waals surface area (Å²) in [4.78, 5) is 20.9. The number of hydrogen-bond donors (Lipinski definition) is 2. The van der Waals surface area contributed by atoms with Gasteiger partial charge in [-0.15, -0.1) is 0 Å². The van der Waals surface area contributed by atoms with Crippen LogP contribution >= 0.6 is 0 Å². The van der Waals surface area contributed by atoms with E-state index >= 15 is 0 Å². The van der Waals surface area contributed by atoms with E-state index in [1.54, 1.807) is 0 Å². The van der Waals surface area contributed by atoms with Crippen molar-refractivity contribution in [3.05, 3.63) is 32.7 Å². The number of aromatic hydroxyl groups is 2. The number of fused-ring (bicyclic) bond motifs is 1. The molecule has 0 atom stereocenters. The Morgan fingerprint density at radius 3 is 2.56 bits per heavy atom. The van der Waals surface area contributed by atoms with Crippen molar-refractivity contribution in [2.45, 2.75) is 0 Å². The van der Waals surface area contributed by atoms with Crippen molar-refractivity contribution in [3.63, 3.8) is 0 Å². The molecule has 8 nitrogen and oxygen atoms in total. The first-order chi connectivity index (χ1) is 8.45. The van der Waals surface area contributed by atoms with Gasteiger partial charge >= 0.3 is 11.3 Å². The number of phenolic OH excluding ortho intramolecular Hbond substituents is 2. The zero-order valence-electron chi connectivity index (χ0n) is 9.04. The molecule has 18 heavy (non-hydrogen) atoms. The van der Waals surface area contributed by atoms with E-state index in [1.807, 2.05) is 0 Å². The molecule has 0 saturated heterocycles. The molecule has 2 aromatic rings. The highest BCUT2D eigenvalue weighted by Gasteiger charge is 2.21. The summed E-state index contributed by atoms with van der Waals surface area (Å²) < 4.78 is 9.37. The fourth-order valence-electron chi connectivity index (χ4n) is 1.48. The van der Waals surface area contributed by atoms with Crippen molar-refractivity contribution in [2.24, 2.45) is 0 Å². The van der Waals surface area contributed by atoms with E-state index in [2.05, 4.69) is 4.42 Å². The average molecular weight is 253 g/mol. The maximum Gasteiger partial charge on any atom is 0.415 e. The topological polar surface area (TPSA) is 123 Å². The molecule has 8 heteroatoms. The Morgan fingerprint density at radius 1 is 1.33 bits per heavy atom. The van der Waals surface area contributed by atoms with Crippen LogP contribution < -0.4 is 10.4 Å². The quantitative estimate of drug-likeness (QED) is 0.355. The Balaban J connectivity index is 2.90. The molecule has 1 aromatic heterocycles. The molecule has 0 fully saturated rings. The predicted octanol–water partition coefficient (Wildman–Crippen LogP) is 1.12. The lowest BCUT2D eigenvalue weighted by molar-refractivity contribution is -0.387. The summed E-state index contributed by atoms with van der Waals surface area (Å²) in [5.41, 5.74) is -2.33. The second kappa shape index (κ2) is 3.91. The largest absolute Gasteiger partial charge is 0.502 e. The Hall–Kier alpha value is -2.77. The van der Waals surface area contributed by atoms with Gasteiger partial charge in [0.1, 0.15) is 0 Å². The van der Waals surface area contributed by atoms with Gasteiger partial charge in [0, 0.05) is 11.5 Å². The molecule has 0 radical (unpaired) electrons. The number of methoxy groups -OCH3 is 1. The molecule has 0 aliphatic carbocycles. The van der Waals surface area contributed by atoms with E-state index < -0.39 is 27.7 Å². The summed E-state index contributed by atoms with van der Waals surface area (Å²) in [5.74, 6) is -1.42. The molecule has 94 valence electrons. The number of benzene rings is 1. The molecule has 0 saturated carbocycles. The van der Waals surface area contributed by atoms with Gasteiger partial charge in [-0.3, -0.25) is 10.1 Å². The van der Waals surface area contributed by atoms with E-state index in [-0.39, 0.29) is 16.7 Å². The number of ether oxygens (including phenoxy) is 1. The first-order valence-electron chi connectivity index (χ1n) is 4.67. The number of phenols is 2.